The molecule has 0 aliphatic heterocycles. The zero-order chi connectivity index (χ0) is 8.91. The molecule has 68 valence electrons. The fraction of sp³-hybridized carbons (Fsp3) is 0.857. The van der Waals surface area contributed by atoms with Crippen LogP contribution >= 0.6 is 24.8 Å². The van der Waals surface area contributed by atoms with Gasteiger partial charge in [0, 0.05) is 0 Å². The quantitative estimate of drug-likeness (QED) is 0.288. The van der Waals surface area contributed by atoms with Crippen LogP contribution in [0.4, 0.5) is 0 Å². The standard InChI is InChI=1S/C7H14O2S2.Na.H/c1-7(2,3)9-5-4-8-6(10)11;;/h4-5H2,1-3H3,(H,10,11);;/q;+1;-1. The van der Waals surface area contributed by atoms with Crippen LogP contribution in [-0.4, -0.2) is 23.2 Å². The van der Waals surface area contributed by atoms with Crippen molar-refractivity contribution < 1.29 is 40.5 Å². The van der Waals surface area contributed by atoms with Gasteiger partial charge in [-0.05, 0) is 33.0 Å². The Labute approximate surface area is 109 Å². The van der Waals surface area contributed by atoms with Crippen LogP contribution in [0.1, 0.15) is 22.2 Å². The molecule has 0 saturated heterocycles. The van der Waals surface area contributed by atoms with Gasteiger partial charge in [0.1, 0.15) is 6.61 Å². The van der Waals surface area contributed by atoms with E-state index in [0.29, 0.717) is 13.2 Å². The Kier molecular flexibility index (Phi) is 9.91. The first-order valence-corrected chi connectivity index (χ1v) is 4.27. The second-order valence-corrected chi connectivity index (χ2v) is 4.15. The summed E-state index contributed by atoms with van der Waals surface area (Å²) in [5.74, 6) is 0. The van der Waals surface area contributed by atoms with Crippen LogP contribution < -0.4 is 29.6 Å². The first-order valence-electron chi connectivity index (χ1n) is 3.41. The minimum absolute atomic E-state index is 0. The van der Waals surface area contributed by atoms with Crippen molar-refractivity contribution in [3.63, 3.8) is 0 Å². The van der Waals surface area contributed by atoms with E-state index >= 15 is 0 Å². The summed E-state index contributed by atoms with van der Waals surface area (Å²) in [6.07, 6.45) is 0. The minimum Gasteiger partial charge on any atom is -1.00 e. The third kappa shape index (κ3) is 13.8. The summed E-state index contributed by atoms with van der Waals surface area (Å²) in [5.41, 5.74) is -0.110. The molecule has 2 nitrogen and oxygen atoms in total. The molecule has 0 fully saturated rings. The van der Waals surface area contributed by atoms with Crippen molar-refractivity contribution >= 4 is 29.2 Å². The number of hydrogen-bond acceptors (Lipinski definition) is 3. The minimum atomic E-state index is -0.110. The number of thiol groups is 1. The third-order valence-electron chi connectivity index (χ3n) is 0.844. The average molecular weight is 218 g/mol. The molecule has 0 unspecified atom stereocenters. The van der Waals surface area contributed by atoms with Gasteiger partial charge in [-0.3, -0.25) is 0 Å². The van der Waals surface area contributed by atoms with Crippen LogP contribution in [0.25, 0.3) is 0 Å². The molecule has 0 N–H and O–H groups in total. The first-order chi connectivity index (χ1) is 4.92. The second-order valence-electron chi connectivity index (χ2n) is 3.08. The Balaban J connectivity index is -0.000000500. The summed E-state index contributed by atoms with van der Waals surface area (Å²) in [7, 11) is 0. The maximum absolute atomic E-state index is 5.36. The third-order valence-corrected chi connectivity index (χ3v) is 1.09. The molecule has 0 rings (SSSR count). The van der Waals surface area contributed by atoms with Gasteiger partial charge in [-0.25, -0.2) is 0 Å². The van der Waals surface area contributed by atoms with Crippen LogP contribution in [-0.2, 0) is 9.47 Å². The molecule has 0 saturated carbocycles. The molecule has 0 radical (unpaired) electrons. The van der Waals surface area contributed by atoms with Crippen molar-refractivity contribution in [2.45, 2.75) is 26.4 Å². The monoisotopic (exact) mass is 218 g/mol. The van der Waals surface area contributed by atoms with Crippen LogP contribution in [0.5, 0.6) is 0 Å². The van der Waals surface area contributed by atoms with Crippen molar-refractivity contribution in [1.29, 1.82) is 0 Å². The number of ether oxygens (including phenoxy) is 2. The molecule has 12 heavy (non-hydrogen) atoms. The fourth-order valence-electron chi connectivity index (χ4n) is 0.477. The predicted molar refractivity (Wildman–Crippen MR) is 54.4 cm³/mol. The molecule has 0 aromatic rings. The number of rotatable bonds is 3. The van der Waals surface area contributed by atoms with Crippen molar-refractivity contribution in [2.75, 3.05) is 13.2 Å². The van der Waals surface area contributed by atoms with E-state index in [1.807, 2.05) is 20.8 Å². The molecule has 0 aromatic heterocycles. The van der Waals surface area contributed by atoms with Gasteiger partial charge in [0.2, 0.25) is 4.38 Å². The molecule has 0 aliphatic carbocycles. The predicted octanol–water partition coefficient (Wildman–Crippen LogP) is -0.851. The van der Waals surface area contributed by atoms with Gasteiger partial charge in [-0.1, -0.05) is 12.6 Å². The molecule has 0 spiro atoms. The van der Waals surface area contributed by atoms with E-state index < -0.39 is 0 Å². The molecule has 0 amide bonds. The number of thiocarbonyl (C=S) groups is 1. The van der Waals surface area contributed by atoms with Gasteiger partial charge in [0.05, 0.1) is 12.2 Å². The van der Waals surface area contributed by atoms with E-state index in [9.17, 15) is 0 Å². The summed E-state index contributed by atoms with van der Waals surface area (Å²) < 4.78 is 10.5. The van der Waals surface area contributed by atoms with Gasteiger partial charge < -0.3 is 10.9 Å². The summed E-state index contributed by atoms with van der Waals surface area (Å²) in [4.78, 5) is 0. The average Bonchev–Trinajstić information content (AvgIpc) is 1.78. The Hall–Kier alpha value is 1.20. The molecular formula is C7H15NaO2S2. The van der Waals surface area contributed by atoms with E-state index in [1.165, 1.54) is 0 Å². The molecule has 0 bridgehead atoms. The summed E-state index contributed by atoms with van der Waals surface area (Å²) in [5, 5.41) is 0. The Bertz CT molecular complexity index is 139. The van der Waals surface area contributed by atoms with E-state index in [1.54, 1.807) is 0 Å². The van der Waals surface area contributed by atoms with Gasteiger partial charge in [-0.2, -0.15) is 0 Å². The summed E-state index contributed by atoms with van der Waals surface area (Å²) in [6, 6.07) is 0. The molecule has 0 atom stereocenters. The van der Waals surface area contributed by atoms with Crippen LogP contribution in [0, 0.1) is 0 Å². The van der Waals surface area contributed by atoms with Gasteiger partial charge in [0.15, 0.2) is 0 Å². The van der Waals surface area contributed by atoms with E-state index in [2.05, 4.69) is 24.8 Å². The first kappa shape index (κ1) is 15.7. The van der Waals surface area contributed by atoms with Gasteiger partial charge in [-0.15, -0.1) is 0 Å². The molecule has 0 aliphatic rings. The molecule has 0 aromatic carbocycles. The van der Waals surface area contributed by atoms with Crippen molar-refractivity contribution in [3.05, 3.63) is 0 Å². The SMILES string of the molecule is CC(C)(C)OCCOC(=S)S.[H-].[Na+]. The normalized spacial score (nSPS) is 10.3. The summed E-state index contributed by atoms with van der Waals surface area (Å²) in [6.45, 7) is 6.99. The van der Waals surface area contributed by atoms with Gasteiger partial charge >= 0.3 is 29.6 Å². The van der Waals surface area contributed by atoms with E-state index in [-0.39, 0.29) is 41.0 Å². The van der Waals surface area contributed by atoms with Crippen molar-refractivity contribution in [1.82, 2.24) is 0 Å². The molecule has 5 heteroatoms. The smallest absolute Gasteiger partial charge is 1.00 e. The van der Waals surface area contributed by atoms with Crippen LogP contribution in [0.2, 0.25) is 0 Å². The van der Waals surface area contributed by atoms with E-state index in [0.717, 1.165) is 0 Å². The molecule has 0 heterocycles. The Morgan fingerprint density at radius 2 is 1.92 bits per heavy atom. The zero-order valence-corrected chi connectivity index (χ0v) is 11.8. The Morgan fingerprint density at radius 3 is 2.25 bits per heavy atom. The maximum Gasteiger partial charge on any atom is 1.00 e. The fourth-order valence-corrected chi connectivity index (χ4v) is 0.651. The van der Waals surface area contributed by atoms with E-state index in [4.69, 9.17) is 9.47 Å². The van der Waals surface area contributed by atoms with Crippen molar-refractivity contribution in [2.24, 2.45) is 0 Å². The maximum atomic E-state index is 5.36. The molecular weight excluding hydrogens is 203 g/mol. The largest absolute Gasteiger partial charge is 1.00 e. The topological polar surface area (TPSA) is 18.5 Å². The second kappa shape index (κ2) is 7.59. The zero-order valence-electron chi connectivity index (χ0n) is 9.09. The number of hydrogen-bond donors (Lipinski definition) is 1. The Morgan fingerprint density at radius 1 is 1.42 bits per heavy atom. The van der Waals surface area contributed by atoms with Crippen molar-refractivity contribution in [3.8, 4) is 0 Å². The van der Waals surface area contributed by atoms with Crippen LogP contribution in [0.15, 0.2) is 0 Å². The van der Waals surface area contributed by atoms with Crippen LogP contribution in [0.3, 0.4) is 0 Å². The van der Waals surface area contributed by atoms with Gasteiger partial charge in [0.25, 0.3) is 0 Å². The summed E-state index contributed by atoms with van der Waals surface area (Å²) >= 11 is 8.39.